The molecule has 126 valence electrons. The van der Waals surface area contributed by atoms with Gasteiger partial charge in [-0.25, -0.2) is 4.99 Å². The Balaban J connectivity index is 1.72. The SMILES string of the molecule is N=C1/C(=C\N)N=C(c2ccccc2)N1c1ccc(C2(N)CCC2)cc1. The first kappa shape index (κ1) is 15.6. The minimum atomic E-state index is -0.185. The molecule has 0 spiro atoms. The van der Waals surface area contributed by atoms with E-state index in [2.05, 4.69) is 17.1 Å². The average Bonchev–Trinajstić information content (AvgIpc) is 2.97. The van der Waals surface area contributed by atoms with Gasteiger partial charge in [-0.3, -0.25) is 10.3 Å². The van der Waals surface area contributed by atoms with Crippen molar-refractivity contribution in [2.45, 2.75) is 24.8 Å². The summed E-state index contributed by atoms with van der Waals surface area (Å²) in [5.41, 5.74) is 15.3. The number of rotatable bonds is 3. The monoisotopic (exact) mass is 331 g/mol. The van der Waals surface area contributed by atoms with Gasteiger partial charge in [0, 0.05) is 23.0 Å². The van der Waals surface area contributed by atoms with Crippen LogP contribution in [0.3, 0.4) is 0 Å². The average molecular weight is 331 g/mol. The van der Waals surface area contributed by atoms with Gasteiger partial charge in [-0.05, 0) is 37.0 Å². The summed E-state index contributed by atoms with van der Waals surface area (Å²) in [4.78, 5) is 6.36. The zero-order valence-electron chi connectivity index (χ0n) is 13.9. The fourth-order valence-corrected chi connectivity index (χ4v) is 3.37. The minimum absolute atomic E-state index is 0.185. The lowest BCUT2D eigenvalue weighted by atomic mass is 9.73. The van der Waals surface area contributed by atoms with Crippen molar-refractivity contribution in [3.8, 4) is 0 Å². The van der Waals surface area contributed by atoms with Crippen LogP contribution in [0.15, 0.2) is 71.5 Å². The Morgan fingerprint density at radius 2 is 1.72 bits per heavy atom. The van der Waals surface area contributed by atoms with E-state index < -0.39 is 0 Å². The summed E-state index contributed by atoms with van der Waals surface area (Å²) in [7, 11) is 0. The maximum absolute atomic E-state index is 8.44. The maximum atomic E-state index is 8.44. The molecule has 0 aromatic heterocycles. The van der Waals surface area contributed by atoms with Crippen molar-refractivity contribution in [3.63, 3.8) is 0 Å². The van der Waals surface area contributed by atoms with E-state index in [0.29, 0.717) is 11.5 Å². The normalized spacial score (nSPS) is 20.5. The molecule has 0 saturated heterocycles. The predicted molar refractivity (Wildman–Crippen MR) is 102 cm³/mol. The Morgan fingerprint density at radius 1 is 1.04 bits per heavy atom. The molecule has 5 nitrogen and oxygen atoms in total. The van der Waals surface area contributed by atoms with Crippen molar-refractivity contribution in [1.29, 1.82) is 5.41 Å². The van der Waals surface area contributed by atoms with Crippen LogP contribution in [0.5, 0.6) is 0 Å². The van der Waals surface area contributed by atoms with Crippen LogP contribution in [0.1, 0.15) is 30.4 Å². The Kier molecular flexibility index (Phi) is 3.66. The Labute approximate surface area is 147 Å². The molecule has 25 heavy (non-hydrogen) atoms. The van der Waals surface area contributed by atoms with Gasteiger partial charge in [0.1, 0.15) is 11.5 Å². The Morgan fingerprint density at radius 3 is 2.28 bits per heavy atom. The Hall–Kier alpha value is -2.92. The topological polar surface area (TPSA) is 91.5 Å². The van der Waals surface area contributed by atoms with Crippen molar-refractivity contribution >= 4 is 17.4 Å². The number of amidine groups is 2. The van der Waals surface area contributed by atoms with Crippen molar-refractivity contribution in [3.05, 3.63) is 77.6 Å². The third-order valence-corrected chi connectivity index (χ3v) is 5.04. The van der Waals surface area contributed by atoms with E-state index in [1.54, 1.807) is 0 Å². The summed E-state index contributed by atoms with van der Waals surface area (Å²) < 4.78 is 0. The number of nitrogens with one attached hydrogen (secondary N) is 1. The largest absolute Gasteiger partial charge is 0.403 e. The van der Waals surface area contributed by atoms with Crippen LogP contribution in [0.25, 0.3) is 0 Å². The number of hydrogen-bond acceptors (Lipinski definition) is 4. The first-order chi connectivity index (χ1) is 12.1. The van der Waals surface area contributed by atoms with Crippen molar-refractivity contribution in [1.82, 2.24) is 0 Å². The molecule has 2 aromatic carbocycles. The molecule has 0 unspecified atom stereocenters. The van der Waals surface area contributed by atoms with Crippen LogP contribution in [-0.2, 0) is 5.54 Å². The molecule has 2 aromatic rings. The molecule has 4 rings (SSSR count). The van der Waals surface area contributed by atoms with Gasteiger partial charge in [-0.2, -0.15) is 0 Å². The third-order valence-electron chi connectivity index (χ3n) is 5.04. The number of nitrogens with zero attached hydrogens (tertiary/aromatic N) is 2. The number of hydrogen-bond donors (Lipinski definition) is 3. The van der Waals surface area contributed by atoms with Crippen LogP contribution < -0.4 is 16.4 Å². The van der Waals surface area contributed by atoms with Gasteiger partial charge in [0.25, 0.3) is 0 Å². The highest BCUT2D eigenvalue weighted by atomic mass is 15.3. The Bertz CT molecular complexity index is 861. The van der Waals surface area contributed by atoms with Crippen LogP contribution in [0.2, 0.25) is 0 Å². The zero-order chi connectivity index (χ0) is 17.4. The molecule has 1 heterocycles. The maximum Gasteiger partial charge on any atom is 0.159 e. The van der Waals surface area contributed by atoms with E-state index in [9.17, 15) is 0 Å². The van der Waals surface area contributed by atoms with Crippen molar-refractivity contribution in [2.24, 2.45) is 16.5 Å². The highest BCUT2D eigenvalue weighted by molar-refractivity contribution is 6.33. The predicted octanol–water partition coefficient (Wildman–Crippen LogP) is 3.07. The van der Waals surface area contributed by atoms with E-state index >= 15 is 0 Å². The third kappa shape index (κ3) is 2.53. The highest BCUT2D eigenvalue weighted by Crippen LogP contribution is 2.39. The van der Waals surface area contributed by atoms with Gasteiger partial charge in [0.2, 0.25) is 0 Å². The number of anilines is 1. The fourth-order valence-electron chi connectivity index (χ4n) is 3.37. The van der Waals surface area contributed by atoms with Crippen molar-refractivity contribution in [2.75, 3.05) is 4.90 Å². The number of aliphatic imine (C=N–C) groups is 1. The molecule has 2 aliphatic rings. The molecular formula is C20H21N5. The van der Waals surface area contributed by atoms with Crippen LogP contribution in [0.4, 0.5) is 5.69 Å². The van der Waals surface area contributed by atoms with Gasteiger partial charge in [-0.1, -0.05) is 42.5 Å². The van der Waals surface area contributed by atoms with Crippen LogP contribution in [0, 0.1) is 5.41 Å². The van der Waals surface area contributed by atoms with Crippen LogP contribution in [-0.4, -0.2) is 11.7 Å². The van der Waals surface area contributed by atoms with Gasteiger partial charge >= 0.3 is 0 Å². The van der Waals surface area contributed by atoms with E-state index in [1.165, 1.54) is 12.6 Å². The summed E-state index contributed by atoms with van der Waals surface area (Å²) in [5.74, 6) is 0.987. The van der Waals surface area contributed by atoms with Gasteiger partial charge in [0.15, 0.2) is 5.84 Å². The van der Waals surface area contributed by atoms with Gasteiger partial charge in [0.05, 0.1) is 0 Å². The molecule has 1 saturated carbocycles. The lowest BCUT2D eigenvalue weighted by molar-refractivity contribution is 0.253. The molecular weight excluding hydrogens is 310 g/mol. The molecule has 1 aliphatic carbocycles. The van der Waals surface area contributed by atoms with Crippen LogP contribution >= 0.6 is 0 Å². The number of nitrogens with two attached hydrogens (primary N) is 2. The smallest absolute Gasteiger partial charge is 0.159 e. The first-order valence-corrected chi connectivity index (χ1v) is 8.47. The second kappa shape index (κ2) is 5.86. The zero-order valence-corrected chi connectivity index (χ0v) is 13.9. The summed E-state index contributed by atoms with van der Waals surface area (Å²) in [6.45, 7) is 0. The molecule has 5 N–H and O–H groups in total. The van der Waals surface area contributed by atoms with Gasteiger partial charge in [-0.15, -0.1) is 0 Å². The summed E-state index contributed by atoms with van der Waals surface area (Å²) in [6.07, 6.45) is 4.62. The second-order valence-electron chi connectivity index (χ2n) is 6.59. The van der Waals surface area contributed by atoms with Crippen molar-refractivity contribution < 1.29 is 0 Å². The van der Waals surface area contributed by atoms with E-state index in [-0.39, 0.29) is 11.4 Å². The molecule has 0 atom stereocenters. The minimum Gasteiger partial charge on any atom is -0.403 e. The summed E-state index contributed by atoms with van der Waals surface area (Å²) in [5, 5.41) is 8.44. The van der Waals surface area contributed by atoms with E-state index in [0.717, 1.165) is 29.7 Å². The summed E-state index contributed by atoms with van der Waals surface area (Å²) in [6, 6.07) is 18.0. The lowest BCUT2D eigenvalue weighted by Gasteiger charge is -2.38. The molecule has 5 heteroatoms. The molecule has 0 amide bonds. The number of benzene rings is 2. The van der Waals surface area contributed by atoms with Gasteiger partial charge < -0.3 is 11.5 Å². The van der Waals surface area contributed by atoms with E-state index in [1.807, 2.05) is 47.4 Å². The highest BCUT2D eigenvalue weighted by Gasteiger charge is 2.35. The molecule has 0 radical (unpaired) electrons. The lowest BCUT2D eigenvalue weighted by Crippen LogP contribution is -2.43. The molecule has 1 fully saturated rings. The molecule has 1 aliphatic heterocycles. The standard InChI is InChI=1S/C20H21N5/c21-13-17-18(22)25(19(24-17)14-5-2-1-3-6-14)16-9-7-15(8-10-16)20(23)11-4-12-20/h1-3,5-10,13,22H,4,11-12,21,23H2/b17-13+,22-18?. The summed E-state index contributed by atoms with van der Waals surface area (Å²) >= 11 is 0. The quantitative estimate of drug-likeness (QED) is 0.807. The molecule has 0 bridgehead atoms. The van der Waals surface area contributed by atoms with E-state index in [4.69, 9.17) is 16.9 Å². The first-order valence-electron chi connectivity index (χ1n) is 8.47. The fraction of sp³-hybridized carbons (Fsp3) is 0.200. The second-order valence-corrected chi connectivity index (χ2v) is 6.59.